The Morgan fingerprint density at radius 1 is 1.00 bits per heavy atom. The number of nitrogens with zero attached hydrogens (tertiary/aromatic N) is 3. The van der Waals surface area contributed by atoms with Crippen LogP contribution in [0.1, 0.15) is 21.5 Å². The number of rotatable bonds is 7. The molecule has 35 heavy (non-hydrogen) atoms. The van der Waals surface area contributed by atoms with Crippen LogP contribution in [0.3, 0.4) is 0 Å². The van der Waals surface area contributed by atoms with Gasteiger partial charge >= 0.3 is 0 Å². The second-order valence-corrected chi connectivity index (χ2v) is 8.44. The molecule has 180 valence electrons. The first-order valence-corrected chi connectivity index (χ1v) is 11.6. The van der Waals surface area contributed by atoms with Crippen LogP contribution in [0.15, 0.2) is 71.8 Å². The van der Waals surface area contributed by atoms with Crippen molar-refractivity contribution in [2.24, 2.45) is 5.10 Å². The quantitative estimate of drug-likeness (QED) is 0.419. The van der Waals surface area contributed by atoms with E-state index < -0.39 is 0 Å². The van der Waals surface area contributed by atoms with E-state index in [4.69, 9.17) is 14.2 Å². The summed E-state index contributed by atoms with van der Waals surface area (Å²) in [7, 11) is 1.71. The maximum Gasteiger partial charge on any atom is 0.271 e. The van der Waals surface area contributed by atoms with E-state index in [1.807, 2.05) is 60.7 Å². The van der Waals surface area contributed by atoms with E-state index in [0.29, 0.717) is 17.1 Å². The molecular formula is C27H28N4O4. The van der Waals surface area contributed by atoms with Crippen LogP contribution in [0.25, 0.3) is 0 Å². The molecule has 3 aromatic rings. The number of hydrogen-bond donors (Lipinski definition) is 1. The third-order valence-corrected chi connectivity index (χ3v) is 6.20. The summed E-state index contributed by atoms with van der Waals surface area (Å²) in [5, 5.41) is 4.06. The zero-order chi connectivity index (χ0) is 24.0. The molecule has 1 saturated heterocycles. The molecule has 1 amide bonds. The molecule has 0 saturated carbocycles. The van der Waals surface area contributed by atoms with Gasteiger partial charge in [0.25, 0.3) is 5.91 Å². The molecular weight excluding hydrogens is 444 g/mol. The van der Waals surface area contributed by atoms with Crippen LogP contribution < -0.4 is 24.5 Å². The average molecular weight is 473 g/mol. The standard InChI is InChI=1S/C27H28N4O4/c1-33-24-5-3-2-4-23(24)31-14-12-30(13-15-31)18-20-6-9-22(10-7-20)27(32)29-28-17-21-8-11-25-26(16-21)35-19-34-25/h2-11,16-17H,12-15,18-19H2,1H3,(H,29,32)/b28-17+. The summed E-state index contributed by atoms with van der Waals surface area (Å²) in [6.07, 6.45) is 1.58. The summed E-state index contributed by atoms with van der Waals surface area (Å²) in [4.78, 5) is 17.2. The van der Waals surface area contributed by atoms with E-state index in [1.165, 1.54) is 5.56 Å². The lowest BCUT2D eigenvalue weighted by atomic mass is 10.1. The fourth-order valence-corrected chi connectivity index (χ4v) is 4.28. The molecule has 2 aliphatic rings. The van der Waals surface area contributed by atoms with Crippen LogP contribution in [-0.4, -0.2) is 57.1 Å². The van der Waals surface area contributed by atoms with Crippen LogP contribution in [0.4, 0.5) is 5.69 Å². The van der Waals surface area contributed by atoms with Gasteiger partial charge < -0.3 is 19.1 Å². The summed E-state index contributed by atoms with van der Waals surface area (Å²) < 4.78 is 16.2. The maximum atomic E-state index is 12.5. The van der Waals surface area contributed by atoms with Crippen molar-refractivity contribution >= 4 is 17.8 Å². The summed E-state index contributed by atoms with van der Waals surface area (Å²) >= 11 is 0. The average Bonchev–Trinajstić information content (AvgIpc) is 3.37. The van der Waals surface area contributed by atoms with Gasteiger partial charge in [0.05, 0.1) is 19.0 Å². The van der Waals surface area contributed by atoms with E-state index in [9.17, 15) is 4.79 Å². The topological polar surface area (TPSA) is 75.6 Å². The number of fused-ring (bicyclic) bond motifs is 1. The molecule has 0 radical (unpaired) electrons. The van der Waals surface area contributed by atoms with Crippen LogP contribution in [0.2, 0.25) is 0 Å². The highest BCUT2D eigenvalue weighted by molar-refractivity contribution is 5.95. The minimum atomic E-state index is -0.251. The molecule has 0 aromatic heterocycles. The second-order valence-electron chi connectivity index (χ2n) is 8.44. The summed E-state index contributed by atoms with van der Waals surface area (Å²) in [5.74, 6) is 2.05. The number of carbonyl (C=O) groups is 1. The lowest BCUT2D eigenvalue weighted by molar-refractivity contribution is 0.0955. The minimum absolute atomic E-state index is 0.224. The van der Waals surface area contributed by atoms with E-state index in [2.05, 4.69) is 26.4 Å². The predicted molar refractivity (Wildman–Crippen MR) is 135 cm³/mol. The first kappa shape index (κ1) is 22.7. The van der Waals surface area contributed by atoms with Crippen molar-refractivity contribution in [3.63, 3.8) is 0 Å². The molecule has 0 bridgehead atoms. The number of nitrogens with one attached hydrogen (secondary N) is 1. The lowest BCUT2D eigenvalue weighted by Crippen LogP contribution is -2.46. The number of carbonyl (C=O) groups excluding carboxylic acids is 1. The number of anilines is 1. The summed E-state index contributed by atoms with van der Waals surface area (Å²) in [5.41, 5.74) is 6.28. The Kier molecular flexibility index (Phi) is 6.81. The molecule has 2 aliphatic heterocycles. The van der Waals surface area contributed by atoms with Crippen molar-refractivity contribution in [3.05, 3.63) is 83.4 Å². The summed E-state index contributed by atoms with van der Waals surface area (Å²) in [6.45, 7) is 4.90. The third-order valence-electron chi connectivity index (χ3n) is 6.20. The SMILES string of the molecule is COc1ccccc1N1CCN(Cc2ccc(C(=O)N/N=C/c3ccc4c(c3)OCO4)cc2)CC1. The van der Waals surface area contributed by atoms with Crippen molar-refractivity contribution in [1.29, 1.82) is 0 Å². The molecule has 1 fully saturated rings. The monoisotopic (exact) mass is 472 g/mol. The first-order chi connectivity index (χ1) is 17.2. The van der Waals surface area contributed by atoms with Gasteiger partial charge in [0.2, 0.25) is 6.79 Å². The van der Waals surface area contributed by atoms with Crippen molar-refractivity contribution in [1.82, 2.24) is 10.3 Å². The summed E-state index contributed by atoms with van der Waals surface area (Å²) in [6, 6.07) is 21.3. The van der Waals surface area contributed by atoms with Gasteiger partial charge in [-0.2, -0.15) is 5.10 Å². The number of benzene rings is 3. The van der Waals surface area contributed by atoms with Gasteiger partial charge in [0, 0.05) is 38.3 Å². The molecule has 0 spiro atoms. The lowest BCUT2D eigenvalue weighted by Gasteiger charge is -2.36. The van der Waals surface area contributed by atoms with Gasteiger partial charge in [0.1, 0.15) is 5.75 Å². The fraction of sp³-hybridized carbons (Fsp3) is 0.259. The van der Waals surface area contributed by atoms with Crippen molar-refractivity contribution in [2.75, 3.05) is 45.0 Å². The number of ether oxygens (including phenoxy) is 3. The Morgan fingerprint density at radius 3 is 2.57 bits per heavy atom. The molecule has 0 aliphatic carbocycles. The number of hydrazone groups is 1. The molecule has 1 N–H and O–H groups in total. The van der Waals surface area contributed by atoms with Gasteiger partial charge in [-0.15, -0.1) is 0 Å². The molecule has 0 atom stereocenters. The number of hydrogen-bond acceptors (Lipinski definition) is 7. The van der Waals surface area contributed by atoms with Crippen molar-refractivity contribution in [3.8, 4) is 17.2 Å². The van der Waals surface area contributed by atoms with Crippen LogP contribution in [-0.2, 0) is 6.54 Å². The van der Waals surface area contributed by atoms with Gasteiger partial charge in [0.15, 0.2) is 11.5 Å². The number of piperazine rings is 1. The largest absolute Gasteiger partial charge is 0.495 e. The van der Waals surface area contributed by atoms with Crippen molar-refractivity contribution < 1.29 is 19.0 Å². The minimum Gasteiger partial charge on any atom is -0.495 e. The van der Waals surface area contributed by atoms with Crippen molar-refractivity contribution in [2.45, 2.75) is 6.54 Å². The fourth-order valence-electron chi connectivity index (χ4n) is 4.28. The van der Waals surface area contributed by atoms with Gasteiger partial charge in [-0.3, -0.25) is 9.69 Å². The predicted octanol–water partition coefficient (Wildman–Crippen LogP) is 3.51. The first-order valence-electron chi connectivity index (χ1n) is 11.6. The Bertz CT molecular complexity index is 1200. The highest BCUT2D eigenvalue weighted by Crippen LogP contribution is 2.32. The van der Waals surface area contributed by atoms with Gasteiger partial charge in [-0.05, 0) is 53.6 Å². The smallest absolute Gasteiger partial charge is 0.271 e. The molecule has 2 heterocycles. The van der Waals surface area contributed by atoms with Gasteiger partial charge in [-0.1, -0.05) is 24.3 Å². The molecule has 5 rings (SSSR count). The second kappa shape index (κ2) is 10.5. The Hall–Kier alpha value is -4.04. The zero-order valence-corrected chi connectivity index (χ0v) is 19.6. The number of para-hydroxylation sites is 2. The molecule has 8 heteroatoms. The zero-order valence-electron chi connectivity index (χ0n) is 19.6. The highest BCUT2D eigenvalue weighted by Gasteiger charge is 2.19. The van der Waals surface area contributed by atoms with Gasteiger partial charge in [-0.25, -0.2) is 5.43 Å². The molecule has 0 unspecified atom stereocenters. The molecule has 8 nitrogen and oxygen atoms in total. The Labute approximate surface area is 204 Å². The maximum absolute atomic E-state index is 12.5. The van der Waals surface area contributed by atoms with E-state index in [0.717, 1.165) is 49.7 Å². The Morgan fingerprint density at radius 2 is 1.77 bits per heavy atom. The van der Waals surface area contributed by atoms with E-state index in [-0.39, 0.29) is 12.7 Å². The molecule has 3 aromatic carbocycles. The van der Waals surface area contributed by atoms with Crippen LogP contribution >= 0.6 is 0 Å². The number of methoxy groups -OCH3 is 1. The van der Waals surface area contributed by atoms with E-state index >= 15 is 0 Å². The number of amides is 1. The highest BCUT2D eigenvalue weighted by atomic mass is 16.7. The third kappa shape index (κ3) is 5.38. The normalized spacial score (nSPS) is 15.4. The van der Waals surface area contributed by atoms with Crippen LogP contribution in [0, 0.1) is 0 Å². The Balaban J connectivity index is 1.11. The van der Waals surface area contributed by atoms with Crippen LogP contribution in [0.5, 0.6) is 17.2 Å². The van der Waals surface area contributed by atoms with E-state index in [1.54, 1.807) is 13.3 Å².